The maximum absolute atomic E-state index is 13.4. The summed E-state index contributed by atoms with van der Waals surface area (Å²) in [7, 11) is 2.06. The number of carbonyl (C=O) groups is 2. The highest BCUT2D eigenvalue weighted by Crippen LogP contribution is 2.28. The fourth-order valence-electron chi connectivity index (χ4n) is 5.53. The van der Waals surface area contributed by atoms with E-state index >= 15 is 0 Å². The fourth-order valence-corrected chi connectivity index (χ4v) is 5.53. The van der Waals surface area contributed by atoms with Crippen molar-refractivity contribution in [3.05, 3.63) is 62.2 Å². The number of aryl methyl sites for hydroxylation is 2. The van der Waals surface area contributed by atoms with Gasteiger partial charge in [-0.2, -0.15) is 0 Å². The van der Waals surface area contributed by atoms with E-state index in [0.717, 1.165) is 49.0 Å². The summed E-state index contributed by atoms with van der Waals surface area (Å²) in [6.45, 7) is 10.6. The molecule has 0 spiro atoms. The first-order valence-corrected chi connectivity index (χ1v) is 14.0. The monoisotopic (exact) mass is 547 g/mol. The van der Waals surface area contributed by atoms with Crippen LogP contribution in [0.3, 0.4) is 0 Å². The Morgan fingerprint density at radius 2 is 2.02 bits per heavy atom. The zero-order valence-electron chi connectivity index (χ0n) is 24.2. The average molecular weight is 548 g/mol. The Bertz CT molecular complexity index is 1380. The van der Waals surface area contributed by atoms with E-state index < -0.39 is 0 Å². The smallest absolute Gasteiger partial charge is 0.253 e. The first-order valence-electron chi connectivity index (χ1n) is 14.0. The molecule has 2 aromatic rings. The van der Waals surface area contributed by atoms with Gasteiger partial charge >= 0.3 is 0 Å². The van der Waals surface area contributed by atoms with E-state index in [-0.39, 0.29) is 35.9 Å². The van der Waals surface area contributed by atoms with Gasteiger partial charge in [0.15, 0.2) is 0 Å². The number of piperidine rings is 1. The molecular formula is C30H41N7O3. The maximum Gasteiger partial charge on any atom is 0.253 e. The second kappa shape index (κ2) is 12.6. The SMILES string of the molecule is Cc1cc(C)c(CNC(=O)c2cc(C3=CCN(C(=O)C4CCCN(C)C4)CC3)nc(NC(C)C)c2C=N)c(=O)[nH]1. The number of nitrogens with zero attached hydrogens (tertiary/aromatic N) is 3. The van der Waals surface area contributed by atoms with Crippen LogP contribution < -0.4 is 16.2 Å². The Balaban J connectivity index is 1.59. The number of nitrogens with one attached hydrogen (secondary N) is 4. The highest BCUT2D eigenvalue weighted by molar-refractivity contribution is 6.05. The molecule has 2 amide bonds. The van der Waals surface area contributed by atoms with Crippen molar-refractivity contribution in [1.29, 1.82) is 5.41 Å². The molecule has 40 heavy (non-hydrogen) atoms. The number of hydrogen-bond donors (Lipinski definition) is 4. The number of aromatic amines is 1. The van der Waals surface area contributed by atoms with Crippen molar-refractivity contribution < 1.29 is 9.59 Å². The molecule has 10 nitrogen and oxygen atoms in total. The minimum atomic E-state index is -0.386. The standard InChI is InChI=1S/C30H41N7O3/c1-18(2)33-27-24(15-31)23(28(38)32-16-25-19(3)13-20(4)34-29(25)39)14-26(35-27)21-8-11-37(12-9-21)30(40)22-7-6-10-36(5)17-22/h8,13-15,18,22,31H,6-7,9-12,16-17H2,1-5H3,(H,32,38)(H,33,35)(H,34,39). The van der Waals surface area contributed by atoms with Crippen LogP contribution in [0.4, 0.5) is 5.82 Å². The van der Waals surface area contributed by atoms with Crippen LogP contribution >= 0.6 is 0 Å². The molecule has 0 aliphatic carbocycles. The van der Waals surface area contributed by atoms with Gasteiger partial charge < -0.3 is 30.8 Å². The number of carbonyl (C=O) groups excluding carboxylic acids is 2. The van der Waals surface area contributed by atoms with Gasteiger partial charge in [0.05, 0.1) is 17.2 Å². The van der Waals surface area contributed by atoms with Crippen molar-refractivity contribution in [1.82, 2.24) is 25.1 Å². The molecule has 1 fully saturated rings. The largest absolute Gasteiger partial charge is 0.367 e. The Labute approximate surface area is 235 Å². The van der Waals surface area contributed by atoms with Gasteiger partial charge in [-0.3, -0.25) is 14.4 Å². The summed E-state index contributed by atoms with van der Waals surface area (Å²) in [6, 6.07) is 3.62. The summed E-state index contributed by atoms with van der Waals surface area (Å²) in [4.78, 5) is 50.8. The molecule has 2 aliphatic heterocycles. The van der Waals surface area contributed by atoms with Crippen molar-refractivity contribution in [2.24, 2.45) is 5.92 Å². The summed E-state index contributed by atoms with van der Waals surface area (Å²) < 4.78 is 0. The molecule has 2 aliphatic rings. The molecular weight excluding hydrogens is 506 g/mol. The van der Waals surface area contributed by atoms with Gasteiger partial charge in [0.25, 0.3) is 11.5 Å². The number of rotatable bonds is 8. The van der Waals surface area contributed by atoms with Crippen molar-refractivity contribution in [2.45, 2.75) is 59.5 Å². The molecule has 4 rings (SSSR count). The lowest BCUT2D eigenvalue weighted by Gasteiger charge is -2.34. The van der Waals surface area contributed by atoms with Gasteiger partial charge in [0, 0.05) is 55.3 Å². The number of H-pyrrole nitrogens is 1. The lowest BCUT2D eigenvalue weighted by molar-refractivity contribution is -0.136. The van der Waals surface area contributed by atoms with Crippen LogP contribution in [0.1, 0.15) is 71.5 Å². The summed E-state index contributed by atoms with van der Waals surface area (Å²) in [5, 5.41) is 14.2. The molecule has 4 heterocycles. The van der Waals surface area contributed by atoms with Crippen LogP contribution in [0.2, 0.25) is 0 Å². The van der Waals surface area contributed by atoms with E-state index in [1.165, 1.54) is 0 Å². The van der Waals surface area contributed by atoms with Gasteiger partial charge in [-0.25, -0.2) is 4.98 Å². The van der Waals surface area contributed by atoms with Gasteiger partial charge in [-0.15, -0.1) is 0 Å². The number of aromatic nitrogens is 2. The number of amides is 2. The van der Waals surface area contributed by atoms with E-state index in [1.807, 2.05) is 44.7 Å². The van der Waals surface area contributed by atoms with Crippen molar-refractivity contribution in [2.75, 3.05) is 38.5 Å². The predicted octanol–water partition coefficient (Wildman–Crippen LogP) is 3.09. The Morgan fingerprint density at radius 1 is 1.25 bits per heavy atom. The van der Waals surface area contributed by atoms with E-state index in [0.29, 0.717) is 47.7 Å². The summed E-state index contributed by atoms with van der Waals surface area (Å²) >= 11 is 0. The fraction of sp³-hybridized carbons (Fsp3) is 0.500. The second-order valence-corrected chi connectivity index (χ2v) is 11.3. The zero-order chi connectivity index (χ0) is 29.0. The molecule has 4 N–H and O–H groups in total. The van der Waals surface area contributed by atoms with Gasteiger partial charge in [-0.05, 0) is 83.8 Å². The number of hydrogen-bond acceptors (Lipinski definition) is 7. The Kier molecular flexibility index (Phi) is 9.19. The van der Waals surface area contributed by atoms with Crippen molar-refractivity contribution in [3.63, 3.8) is 0 Å². The minimum Gasteiger partial charge on any atom is -0.367 e. The zero-order valence-corrected chi connectivity index (χ0v) is 24.2. The van der Waals surface area contributed by atoms with Crippen LogP contribution in [0.25, 0.3) is 5.57 Å². The van der Waals surface area contributed by atoms with Crippen LogP contribution in [0.15, 0.2) is 23.0 Å². The first kappa shape index (κ1) is 29.2. The van der Waals surface area contributed by atoms with Crippen LogP contribution in [-0.4, -0.2) is 77.1 Å². The molecule has 0 saturated carbocycles. The Morgan fingerprint density at radius 3 is 2.65 bits per heavy atom. The molecule has 1 unspecified atom stereocenters. The molecule has 0 bridgehead atoms. The number of anilines is 1. The van der Waals surface area contributed by atoms with Crippen LogP contribution in [0.5, 0.6) is 0 Å². The molecule has 214 valence electrons. The second-order valence-electron chi connectivity index (χ2n) is 11.3. The first-order chi connectivity index (χ1) is 19.1. The number of pyridine rings is 2. The summed E-state index contributed by atoms with van der Waals surface area (Å²) in [6.07, 6.45) is 5.76. The average Bonchev–Trinajstić information content (AvgIpc) is 2.91. The lowest BCUT2D eigenvalue weighted by Crippen LogP contribution is -2.45. The van der Waals surface area contributed by atoms with Gasteiger partial charge in [0.2, 0.25) is 5.91 Å². The van der Waals surface area contributed by atoms with Crippen molar-refractivity contribution >= 4 is 29.4 Å². The topological polar surface area (TPSA) is 134 Å². The lowest BCUT2D eigenvalue weighted by atomic mass is 9.95. The Hall–Kier alpha value is -3.79. The third-order valence-electron chi connectivity index (χ3n) is 7.62. The van der Waals surface area contributed by atoms with Gasteiger partial charge in [0.1, 0.15) is 5.82 Å². The molecule has 0 aromatic carbocycles. The maximum atomic E-state index is 13.4. The molecule has 10 heteroatoms. The number of likely N-dealkylation sites (tertiary alicyclic amines) is 1. The quantitative estimate of drug-likeness (QED) is 0.375. The summed E-state index contributed by atoms with van der Waals surface area (Å²) in [5.41, 5.74) is 4.15. The van der Waals surface area contributed by atoms with E-state index in [9.17, 15) is 14.4 Å². The highest BCUT2D eigenvalue weighted by atomic mass is 16.2. The van der Waals surface area contributed by atoms with Crippen LogP contribution in [0, 0.1) is 25.2 Å². The third-order valence-corrected chi connectivity index (χ3v) is 7.62. The van der Waals surface area contributed by atoms with E-state index in [2.05, 4.69) is 27.6 Å². The third kappa shape index (κ3) is 6.67. The highest BCUT2D eigenvalue weighted by Gasteiger charge is 2.29. The van der Waals surface area contributed by atoms with Crippen LogP contribution in [-0.2, 0) is 11.3 Å². The molecule has 0 radical (unpaired) electrons. The molecule has 1 atom stereocenters. The molecule has 2 aromatic heterocycles. The minimum absolute atomic E-state index is 0.0354. The predicted molar refractivity (Wildman–Crippen MR) is 158 cm³/mol. The normalized spacial score (nSPS) is 17.9. The van der Waals surface area contributed by atoms with E-state index in [1.54, 1.807) is 6.07 Å². The van der Waals surface area contributed by atoms with E-state index in [4.69, 9.17) is 10.4 Å². The summed E-state index contributed by atoms with van der Waals surface area (Å²) in [5.74, 6) is 0.322. The molecule has 1 saturated heterocycles. The van der Waals surface area contributed by atoms with Gasteiger partial charge in [-0.1, -0.05) is 6.08 Å². The van der Waals surface area contributed by atoms with Crippen molar-refractivity contribution in [3.8, 4) is 0 Å².